The van der Waals surface area contributed by atoms with Crippen LogP contribution >= 0.6 is 0 Å². The summed E-state index contributed by atoms with van der Waals surface area (Å²) < 4.78 is 43.7. The van der Waals surface area contributed by atoms with Crippen LogP contribution in [0.3, 0.4) is 0 Å². The molecule has 1 fully saturated rings. The van der Waals surface area contributed by atoms with E-state index in [1.807, 2.05) is 0 Å². The van der Waals surface area contributed by atoms with Crippen LogP contribution in [-0.4, -0.2) is 38.3 Å². The molecule has 0 aromatic heterocycles. The van der Waals surface area contributed by atoms with Crippen molar-refractivity contribution in [1.82, 2.24) is 10.6 Å². The molecule has 0 spiro atoms. The number of nitrogens with one attached hydrogen (secondary N) is 2. The minimum absolute atomic E-state index is 0.00158. The molecule has 0 saturated carbocycles. The van der Waals surface area contributed by atoms with Crippen LogP contribution in [0.4, 0.5) is 13.2 Å². The molecule has 1 aliphatic rings. The van der Waals surface area contributed by atoms with Crippen LogP contribution in [-0.2, 0) is 22.1 Å². The number of rotatable bonds is 5. The Hall–Kier alpha value is -1.60. The highest BCUT2D eigenvalue weighted by Crippen LogP contribution is 2.31. The van der Waals surface area contributed by atoms with Gasteiger partial charge in [-0.2, -0.15) is 13.2 Å². The maximum atomic E-state index is 12.9. The molecule has 0 bridgehead atoms. The second kappa shape index (κ2) is 7.11. The van der Waals surface area contributed by atoms with Crippen LogP contribution in [0.2, 0.25) is 0 Å². The summed E-state index contributed by atoms with van der Waals surface area (Å²) in [7, 11) is 1.58. The van der Waals surface area contributed by atoms with Crippen molar-refractivity contribution in [3.8, 4) is 0 Å². The highest BCUT2D eigenvalue weighted by Gasteiger charge is 2.33. The molecule has 2 atom stereocenters. The van der Waals surface area contributed by atoms with Crippen molar-refractivity contribution >= 4 is 5.91 Å². The lowest BCUT2D eigenvalue weighted by Gasteiger charge is -2.14. The van der Waals surface area contributed by atoms with Gasteiger partial charge in [0.05, 0.1) is 17.7 Å². The number of methoxy groups -OCH3 is 1. The summed E-state index contributed by atoms with van der Waals surface area (Å²) >= 11 is 0. The van der Waals surface area contributed by atoms with Crippen molar-refractivity contribution in [2.24, 2.45) is 0 Å². The van der Waals surface area contributed by atoms with E-state index in [0.717, 1.165) is 6.07 Å². The van der Waals surface area contributed by atoms with E-state index in [1.165, 1.54) is 12.1 Å². The monoisotopic (exact) mass is 316 g/mol. The smallest absolute Gasteiger partial charge is 0.380 e. The molecule has 1 aromatic rings. The van der Waals surface area contributed by atoms with Gasteiger partial charge in [-0.05, 0) is 24.5 Å². The Labute approximate surface area is 127 Å². The SMILES string of the molecule is CO[C@@H]1CN[C@H](C(=O)NCCc2ccccc2C(F)(F)F)C1. The Kier molecular flexibility index (Phi) is 5.42. The van der Waals surface area contributed by atoms with Crippen LogP contribution in [0, 0.1) is 0 Å². The lowest BCUT2D eigenvalue weighted by atomic mass is 10.0. The fourth-order valence-corrected chi connectivity index (χ4v) is 2.54. The first-order chi connectivity index (χ1) is 10.4. The van der Waals surface area contributed by atoms with Gasteiger partial charge in [0.25, 0.3) is 0 Å². The normalized spacial score (nSPS) is 21.8. The third-order valence-corrected chi connectivity index (χ3v) is 3.76. The summed E-state index contributed by atoms with van der Waals surface area (Å²) in [5, 5.41) is 5.70. The molecule has 22 heavy (non-hydrogen) atoms. The number of halogens is 3. The number of alkyl halides is 3. The van der Waals surface area contributed by atoms with E-state index in [9.17, 15) is 18.0 Å². The standard InChI is InChI=1S/C15H19F3N2O2/c1-22-11-8-13(20-9-11)14(21)19-7-6-10-4-2-3-5-12(10)15(16,17)18/h2-5,11,13,20H,6-9H2,1H3,(H,19,21)/t11-,13-/m0/s1. The van der Waals surface area contributed by atoms with Crippen molar-refractivity contribution in [3.05, 3.63) is 35.4 Å². The average Bonchev–Trinajstić information content (AvgIpc) is 2.95. The summed E-state index contributed by atoms with van der Waals surface area (Å²) in [4.78, 5) is 11.9. The van der Waals surface area contributed by atoms with Gasteiger partial charge < -0.3 is 15.4 Å². The predicted molar refractivity (Wildman–Crippen MR) is 75.4 cm³/mol. The van der Waals surface area contributed by atoms with Gasteiger partial charge in [-0.25, -0.2) is 0 Å². The minimum Gasteiger partial charge on any atom is -0.380 e. The van der Waals surface area contributed by atoms with E-state index < -0.39 is 11.7 Å². The Morgan fingerprint density at radius 2 is 2.14 bits per heavy atom. The summed E-state index contributed by atoms with van der Waals surface area (Å²) in [6.45, 7) is 0.771. The molecular formula is C15H19F3N2O2. The number of hydrogen-bond donors (Lipinski definition) is 2. The molecule has 1 saturated heterocycles. The predicted octanol–water partition coefficient (Wildman–Crippen LogP) is 1.74. The molecule has 2 rings (SSSR count). The zero-order valence-electron chi connectivity index (χ0n) is 12.2. The fourth-order valence-electron chi connectivity index (χ4n) is 2.54. The second-order valence-corrected chi connectivity index (χ2v) is 5.25. The van der Waals surface area contributed by atoms with E-state index in [0.29, 0.717) is 13.0 Å². The fraction of sp³-hybridized carbons (Fsp3) is 0.533. The van der Waals surface area contributed by atoms with Crippen LogP contribution in [0.15, 0.2) is 24.3 Å². The molecule has 1 amide bonds. The van der Waals surface area contributed by atoms with Crippen molar-refractivity contribution in [2.45, 2.75) is 31.2 Å². The van der Waals surface area contributed by atoms with Crippen LogP contribution < -0.4 is 10.6 Å². The molecule has 1 heterocycles. The molecular weight excluding hydrogens is 297 g/mol. The molecule has 0 radical (unpaired) electrons. The molecule has 0 unspecified atom stereocenters. The van der Waals surface area contributed by atoms with E-state index in [2.05, 4.69) is 10.6 Å². The largest absolute Gasteiger partial charge is 0.416 e. The van der Waals surface area contributed by atoms with Gasteiger partial charge in [-0.15, -0.1) is 0 Å². The Bertz CT molecular complexity index is 520. The van der Waals surface area contributed by atoms with Crippen LogP contribution in [0.1, 0.15) is 17.5 Å². The zero-order chi connectivity index (χ0) is 16.2. The average molecular weight is 316 g/mol. The summed E-state index contributed by atoms with van der Waals surface area (Å²) in [6.07, 6.45) is -3.66. The van der Waals surface area contributed by atoms with Gasteiger partial charge >= 0.3 is 6.18 Å². The van der Waals surface area contributed by atoms with Crippen LogP contribution in [0.25, 0.3) is 0 Å². The van der Waals surface area contributed by atoms with E-state index in [1.54, 1.807) is 13.2 Å². The third-order valence-electron chi connectivity index (χ3n) is 3.76. The minimum atomic E-state index is -4.38. The van der Waals surface area contributed by atoms with Crippen molar-refractivity contribution in [1.29, 1.82) is 0 Å². The highest BCUT2D eigenvalue weighted by molar-refractivity contribution is 5.82. The highest BCUT2D eigenvalue weighted by atomic mass is 19.4. The maximum absolute atomic E-state index is 12.9. The number of ether oxygens (including phenoxy) is 1. The lowest BCUT2D eigenvalue weighted by Crippen LogP contribution is -2.41. The Balaban J connectivity index is 1.86. The third kappa shape index (κ3) is 4.20. The van der Waals surface area contributed by atoms with Gasteiger partial charge in [0, 0.05) is 20.2 Å². The molecule has 4 nitrogen and oxygen atoms in total. The molecule has 1 aromatic carbocycles. The van der Waals surface area contributed by atoms with Gasteiger partial charge in [0.2, 0.25) is 5.91 Å². The first kappa shape index (κ1) is 16.8. The van der Waals surface area contributed by atoms with Crippen molar-refractivity contribution < 1.29 is 22.7 Å². The van der Waals surface area contributed by atoms with Gasteiger partial charge in [-0.1, -0.05) is 18.2 Å². The molecule has 1 aliphatic heterocycles. The number of carbonyl (C=O) groups excluding carboxylic acids is 1. The number of carbonyl (C=O) groups is 1. The maximum Gasteiger partial charge on any atom is 0.416 e. The van der Waals surface area contributed by atoms with E-state index in [4.69, 9.17) is 4.74 Å². The van der Waals surface area contributed by atoms with E-state index in [-0.39, 0.29) is 36.6 Å². The number of benzene rings is 1. The van der Waals surface area contributed by atoms with E-state index >= 15 is 0 Å². The van der Waals surface area contributed by atoms with Gasteiger partial charge in [-0.3, -0.25) is 4.79 Å². The van der Waals surface area contributed by atoms with Crippen molar-refractivity contribution in [3.63, 3.8) is 0 Å². The van der Waals surface area contributed by atoms with Gasteiger partial charge in [0.15, 0.2) is 0 Å². The van der Waals surface area contributed by atoms with Gasteiger partial charge in [0.1, 0.15) is 0 Å². The number of amides is 1. The number of hydrogen-bond acceptors (Lipinski definition) is 3. The summed E-state index contributed by atoms with van der Waals surface area (Å²) in [5.41, 5.74) is -0.466. The van der Waals surface area contributed by atoms with Crippen molar-refractivity contribution in [2.75, 3.05) is 20.2 Å². The molecule has 0 aliphatic carbocycles. The zero-order valence-corrected chi connectivity index (χ0v) is 12.2. The first-order valence-electron chi connectivity index (χ1n) is 7.11. The molecule has 7 heteroatoms. The summed E-state index contributed by atoms with van der Waals surface area (Å²) in [6, 6.07) is 5.07. The summed E-state index contributed by atoms with van der Waals surface area (Å²) in [5.74, 6) is -0.205. The second-order valence-electron chi connectivity index (χ2n) is 5.25. The Morgan fingerprint density at radius 3 is 2.77 bits per heavy atom. The topological polar surface area (TPSA) is 50.4 Å². The van der Waals surface area contributed by atoms with Crippen LogP contribution in [0.5, 0.6) is 0 Å². The molecule has 122 valence electrons. The Morgan fingerprint density at radius 1 is 1.41 bits per heavy atom. The lowest BCUT2D eigenvalue weighted by molar-refractivity contribution is -0.138. The first-order valence-corrected chi connectivity index (χ1v) is 7.11. The quantitative estimate of drug-likeness (QED) is 0.870. The molecule has 2 N–H and O–H groups in total.